The monoisotopic (exact) mass is 360 g/mol. The van der Waals surface area contributed by atoms with Crippen molar-refractivity contribution in [3.8, 4) is 0 Å². The molecular weight excluding hydrogens is 345 g/mol. The lowest BCUT2D eigenvalue weighted by molar-refractivity contribution is -0.118. The number of pyridine rings is 1. The summed E-state index contributed by atoms with van der Waals surface area (Å²) < 4.78 is 37.8. The fraction of sp³-hybridized carbons (Fsp3) is 0.176. The zero-order valence-electron chi connectivity index (χ0n) is 13.4. The van der Waals surface area contributed by atoms with Gasteiger partial charge in [0.1, 0.15) is 18.2 Å². The molecule has 0 saturated heterocycles. The number of aromatic nitrogens is 2. The molecule has 0 saturated carbocycles. The van der Waals surface area contributed by atoms with E-state index in [1.165, 1.54) is 0 Å². The maximum atomic E-state index is 12.6. The number of nitrogens with two attached hydrogens (primary N) is 1. The highest BCUT2D eigenvalue weighted by atomic mass is 19.4. The van der Waals surface area contributed by atoms with Crippen molar-refractivity contribution < 1.29 is 13.2 Å². The van der Waals surface area contributed by atoms with E-state index in [0.717, 1.165) is 10.8 Å². The highest BCUT2D eigenvalue weighted by Gasteiger charge is 2.36. The Kier molecular flexibility index (Phi) is 3.62. The lowest BCUT2D eigenvalue weighted by atomic mass is 10.0. The molecule has 4 rings (SSSR count). The van der Waals surface area contributed by atoms with E-state index in [2.05, 4.69) is 25.6 Å². The van der Waals surface area contributed by atoms with Crippen molar-refractivity contribution in [2.75, 3.05) is 11.9 Å². The van der Waals surface area contributed by atoms with Gasteiger partial charge < -0.3 is 15.6 Å². The van der Waals surface area contributed by atoms with Crippen LogP contribution in [0.25, 0.3) is 10.8 Å². The second-order valence-electron chi connectivity index (χ2n) is 6.04. The molecule has 6 nitrogen and oxygen atoms in total. The molecule has 5 N–H and O–H groups in total. The summed E-state index contributed by atoms with van der Waals surface area (Å²) in [6, 6.07) is 8.97. The quantitative estimate of drug-likeness (QED) is 0.565. The molecule has 1 aromatic carbocycles. The number of benzene rings is 1. The van der Waals surface area contributed by atoms with Gasteiger partial charge in [-0.2, -0.15) is 13.2 Å². The van der Waals surface area contributed by atoms with Crippen LogP contribution in [0.1, 0.15) is 11.1 Å². The summed E-state index contributed by atoms with van der Waals surface area (Å²) in [5, 5.41) is 7.85. The average molecular weight is 360 g/mol. The number of amidine groups is 1. The van der Waals surface area contributed by atoms with Crippen molar-refractivity contribution in [2.45, 2.75) is 12.0 Å². The van der Waals surface area contributed by atoms with E-state index in [4.69, 9.17) is 5.73 Å². The normalized spacial score (nSPS) is 21.3. The smallest absolute Gasteiger partial charge is 0.348 e. The van der Waals surface area contributed by atoms with Gasteiger partial charge in [0.2, 0.25) is 0 Å². The minimum atomic E-state index is -4.40. The summed E-state index contributed by atoms with van der Waals surface area (Å²) in [5.41, 5.74) is 7.60. The van der Waals surface area contributed by atoms with E-state index < -0.39 is 18.5 Å². The van der Waals surface area contributed by atoms with Gasteiger partial charge in [-0.05, 0) is 23.6 Å². The van der Waals surface area contributed by atoms with Crippen LogP contribution in [0.4, 0.5) is 19.0 Å². The molecule has 0 amide bonds. The molecule has 1 aliphatic heterocycles. The maximum absolute atomic E-state index is 12.6. The number of halogens is 3. The van der Waals surface area contributed by atoms with Gasteiger partial charge in [0.25, 0.3) is 0 Å². The number of rotatable bonds is 2. The molecule has 0 bridgehead atoms. The zero-order valence-corrected chi connectivity index (χ0v) is 13.4. The van der Waals surface area contributed by atoms with Crippen LogP contribution in [0.3, 0.4) is 0 Å². The van der Waals surface area contributed by atoms with Crippen LogP contribution in [0.2, 0.25) is 0 Å². The first-order valence-corrected chi connectivity index (χ1v) is 7.82. The summed E-state index contributed by atoms with van der Waals surface area (Å²) in [5.74, 6) is -0.739. The predicted molar refractivity (Wildman–Crippen MR) is 92.6 cm³/mol. The largest absolute Gasteiger partial charge is 0.408 e. The first kappa shape index (κ1) is 16.4. The molecule has 2 aromatic heterocycles. The summed E-state index contributed by atoms with van der Waals surface area (Å²) in [7, 11) is 0. The Morgan fingerprint density at radius 1 is 1.12 bits per heavy atom. The molecule has 0 radical (unpaired) electrons. The Hall–Kier alpha value is -3.07. The van der Waals surface area contributed by atoms with Crippen molar-refractivity contribution in [1.82, 2.24) is 15.3 Å². The summed E-state index contributed by atoms with van der Waals surface area (Å²) in [4.78, 5) is 10.7. The van der Waals surface area contributed by atoms with E-state index in [1.54, 1.807) is 30.7 Å². The standard InChI is InChI=1S/C17H15F3N6/c18-16(19,20)9-24-15-13-4-6-23-14(13)25-17(21,26-15)12-2-1-11-8-22-5-3-10(11)7-12/h1-8,23,25H,9,21H2,(H,24,26). The van der Waals surface area contributed by atoms with Crippen molar-refractivity contribution in [2.24, 2.45) is 10.7 Å². The Labute approximate surface area is 146 Å². The summed E-state index contributed by atoms with van der Waals surface area (Å²) in [6.45, 7) is -1.29. The molecule has 134 valence electrons. The maximum Gasteiger partial charge on any atom is 0.408 e. The number of anilines is 1. The van der Waals surface area contributed by atoms with Gasteiger partial charge in [-0.3, -0.25) is 15.7 Å². The number of hydrogen-bond donors (Lipinski definition) is 4. The number of H-pyrrole nitrogens is 1. The molecule has 1 atom stereocenters. The summed E-state index contributed by atoms with van der Waals surface area (Å²) >= 11 is 0. The van der Waals surface area contributed by atoms with Crippen molar-refractivity contribution >= 4 is 22.4 Å². The van der Waals surface area contributed by atoms with Gasteiger partial charge in [0, 0.05) is 29.5 Å². The fourth-order valence-corrected chi connectivity index (χ4v) is 2.92. The number of alkyl halides is 3. The molecule has 0 fully saturated rings. The third-order valence-corrected chi connectivity index (χ3v) is 4.15. The Bertz CT molecular complexity index is 993. The van der Waals surface area contributed by atoms with Gasteiger partial charge in [-0.1, -0.05) is 12.1 Å². The second-order valence-corrected chi connectivity index (χ2v) is 6.04. The molecule has 3 aromatic rings. The molecule has 9 heteroatoms. The number of hydrogen-bond acceptors (Lipinski definition) is 4. The first-order valence-electron chi connectivity index (χ1n) is 7.82. The fourth-order valence-electron chi connectivity index (χ4n) is 2.92. The Morgan fingerprint density at radius 3 is 2.77 bits per heavy atom. The van der Waals surface area contributed by atoms with Crippen LogP contribution in [0.15, 0.2) is 53.9 Å². The van der Waals surface area contributed by atoms with Crippen LogP contribution in [-0.2, 0) is 5.79 Å². The van der Waals surface area contributed by atoms with Crippen LogP contribution < -0.4 is 16.4 Å². The lowest BCUT2D eigenvalue weighted by Gasteiger charge is -2.38. The SMILES string of the molecule is NC1(c2ccc3cnccc3c2)NC(=NCC(F)(F)F)c2cc[nH]c2N1. The topological polar surface area (TPSA) is 91.1 Å². The van der Waals surface area contributed by atoms with Crippen LogP contribution in [-0.4, -0.2) is 28.5 Å². The van der Waals surface area contributed by atoms with Crippen LogP contribution in [0.5, 0.6) is 0 Å². The third kappa shape index (κ3) is 2.97. The third-order valence-electron chi connectivity index (χ3n) is 4.15. The van der Waals surface area contributed by atoms with Gasteiger partial charge >= 0.3 is 6.18 Å². The van der Waals surface area contributed by atoms with E-state index in [1.807, 2.05) is 18.2 Å². The number of nitrogens with zero attached hydrogens (tertiary/aromatic N) is 2. The molecule has 0 aliphatic carbocycles. The minimum absolute atomic E-state index is 0.0784. The van der Waals surface area contributed by atoms with Gasteiger partial charge in [-0.25, -0.2) is 0 Å². The predicted octanol–water partition coefficient (Wildman–Crippen LogP) is 2.66. The first-order chi connectivity index (χ1) is 12.3. The van der Waals surface area contributed by atoms with E-state index >= 15 is 0 Å². The second kappa shape index (κ2) is 5.73. The molecule has 1 unspecified atom stereocenters. The number of aliphatic imine (C=N–C) groups is 1. The molecular formula is C17H15F3N6. The van der Waals surface area contributed by atoms with E-state index in [-0.39, 0.29) is 5.84 Å². The van der Waals surface area contributed by atoms with Gasteiger partial charge in [-0.15, -0.1) is 0 Å². The number of aromatic amines is 1. The average Bonchev–Trinajstić information content (AvgIpc) is 3.06. The van der Waals surface area contributed by atoms with E-state index in [0.29, 0.717) is 16.9 Å². The van der Waals surface area contributed by atoms with Gasteiger partial charge in [0.05, 0.1) is 5.56 Å². The minimum Gasteiger partial charge on any atom is -0.348 e. The van der Waals surface area contributed by atoms with Crippen molar-refractivity contribution in [1.29, 1.82) is 0 Å². The Morgan fingerprint density at radius 2 is 1.96 bits per heavy atom. The summed E-state index contributed by atoms with van der Waals surface area (Å²) in [6.07, 6.45) is 0.600. The lowest BCUT2D eigenvalue weighted by Crippen LogP contribution is -2.61. The van der Waals surface area contributed by atoms with Crippen molar-refractivity contribution in [3.63, 3.8) is 0 Å². The zero-order chi connectivity index (χ0) is 18.4. The highest BCUT2D eigenvalue weighted by Crippen LogP contribution is 2.29. The molecule has 3 heterocycles. The van der Waals surface area contributed by atoms with Gasteiger partial charge in [0.15, 0.2) is 5.79 Å². The highest BCUT2D eigenvalue weighted by molar-refractivity contribution is 6.05. The Balaban J connectivity index is 1.76. The number of fused-ring (bicyclic) bond motifs is 2. The van der Waals surface area contributed by atoms with Crippen LogP contribution >= 0.6 is 0 Å². The van der Waals surface area contributed by atoms with E-state index in [9.17, 15) is 13.2 Å². The molecule has 0 spiro atoms. The van der Waals surface area contributed by atoms with Crippen LogP contribution in [0, 0.1) is 0 Å². The molecule has 26 heavy (non-hydrogen) atoms. The number of nitrogens with one attached hydrogen (secondary N) is 3. The van der Waals surface area contributed by atoms with Crippen molar-refractivity contribution in [3.05, 3.63) is 60.0 Å². The molecule has 1 aliphatic rings.